The summed E-state index contributed by atoms with van der Waals surface area (Å²) in [6.07, 6.45) is 3.11. The molecule has 102 valence electrons. The van der Waals surface area contributed by atoms with Crippen molar-refractivity contribution in [2.24, 2.45) is 4.99 Å². The van der Waals surface area contributed by atoms with E-state index in [2.05, 4.69) is 15.3 Å². The fourth-order valence-electron chi connectivity index (χ4n) is 2.62. The number of nitrogens with one attached hydrogen (secondary N) is 1. The second-order valence-electron chi connectivity index (χ2n) is 4.78. The third kappa shape index (κ3) is 1.86. The first kappa shape index (κ1) is 12.7. The third-order valence-corrected chi connectivity index (χ3v) is 3.70. The van der Waals surface area contributed by atoms with E-state index >= 15 is 0 Å². The summed E-state index contributed by atoms with van der Waals surface area (Å²) in [7, 11) is 0. The highest BCUT2D eigenvalue weighted by atomic mass is 19.1. The van der Waals surface area contributed by atoms with E-state index in [0.29, 0.717) is 0 Å². The number of benzene rings is 1. The first-order chi connectivity index (χ1) is 9.63. The van der Waals surface area contributed by atoms with Crippen LogP contribution in [0.4, 0.5) is 8.78 Å². The highest BCUT2D eigenvalue weighted by Crippen LogP contribution is 2.36. The van der Waals surface area contributed by atoms with E-state index in [9.17, 15) is 8.78 Å². The average Bonchev–Trinajstić information content (AvgIpc) is 2.83. The number of halogens is 2. The topological polar surface area (TPSA) is 37.3 Å². The second-order valence-corrected chi connectivity index (χ2v) is 4.78. The van der Waals surface area contributed by atoms with Gasteiger partial charge in [-0.25, -0.2) is 9.37 Å². The Morgan fingerprint density at radius 1 is 1.05 bits per heavy atom. The average molecular weight is 273 g/mol. The van der Waals surface area contributed by atoms with E-state index in [4.69, 9.17) is 0 Å². The Labute approximate surface area is 115 Å². The minimum atomic E-state index is -0.644. The molecule has 0 saturated carbocycles. The van der Waals surface area contributed by atoms with Gasteiger partial charge in [-0.2, -0.15) is 4.39 Å². The molecule has 1 N–H and O–H groups in total. The summed E-state index contributed by atoms with van der Waals surface area (Å²) >= 11 is 0. The standard InChI is InChI=1S/C15H13F2N3/c1-10-15(20-9-19-10,11-2-5-13(16)6-3-11)12-4-7-14(17)18-8-12/h2-10H,1H3,(H,19,20)/t10-,15+/m0/s1. The molecule has 3 rings (SSSR count). The number of hydrogen-bond donors (Lipinski definition) is 1. The summed E-state index contributed by atoms with van der Waals surface area (Å²) in [6.45, 7) is 1.95. The summed E-state index contributed by atoms with van der Waals surface area (Å²) in [5.74, 6) is -0.831. The van der Waals surface area contributed by atoms with Gasteiger partial charge in [-0.05, 0) is 30.7 Å². The van der Waals surface area contributed by atoms with Crippen LogP contribution in [0.2, 0.25) is 0 Å². The van der Waals surface area contributed by atoms with Crippen LogP contribution in [0, 0.1) is 11.8 Å². The fraction of sp³-hybridized carbons (Fsp3) is 0.200. The first-order valence-electron chi connectivity index (χ1n) is 6.30. The highest BCUT2D eigenvalue weighted by Gasteiger charge is 2.42. The Morgan fingerprint density at radius 3 is 2.30 bits per heavy atom. The van der Waals surface area contributed by atoms with Crippen LogP contribution in [0.25, 0.3) is 0 Å². The maximum Gasteiger partial charge on any atom is 0.212 e. The molecule has 1 aromatic carbocycles. The lowest BCUT2D eigenvalue weighted by Gasteiger charge is -2.34. The van der Waals surface area contributed by atoms with Crippen molar-refractivity contribution < 1.29 is 8.78 Å². The summed E-state index contributed by atoms with van der Waals surface area (Å²) in [5, 5.41) is 3.21. The van der Waals surface area contributed by atoms with Gasteiger partial charge in [-0.15, -0.1) is 0 Å². The van der Waals surface area contributed by atoms with Crippen LogP contribution in [-0.2, 0) is 5.54 Å². The molecule has 0 unspecified atom stereocenters. The highest BCUT2D eigenvalue weighted by molar-refractivity contribution is 5.64. The van der Waals surface area contributed by atoms with E-state index in [-0.39, 0.29) is 11.9 Å². The molecule has 0 saturated heterocycles. The van der Waals surface area contributed by atoms with Crippen LogP contribution in [-0.4, -0.2) is 17.4 Å². The van der Waals surface area contributed by atoms with Gasteiger partial charge < -0.3 is 5.32 Å². The Balaban J connectivity index is 2.15. The van der Waals surface area contributed by atoms with Gasteiger partial charge in [0.25, 0.3) is 0 Å². The molecule has 2 aromatic rings. The van der Waals surface area contributed by atoms with Gasteiger partial charge in [0.15, 0.2) is 0 Å². The van der Waals surface area contributed by atoms with E-state index in [1.807, 2.05) is 6.92 Å². The van der Waals surface area contributed by atoms with E-state index < -0.39 is 11.5 Å². The molecule has 1 aliphatic heterocycles. The monoisotopic (exact) mass is 273 g/mol. The number of nitrogens with zero attached hydrogens (tertiary/aromatic N) is 2. The van der Waals surface area contributed by atoms with Crippen LogP contribution >= 0.6 is 0 Å². The quantitative estimate of drug-likeness (QED) is 0.854. The van der Waals surface area contributed by atoms with Crippen LogP contribution in [0.3, 0.4) is 0 Å². The van der Waals surface area contributed by atoms with Crippen molar-refractivity contribution in [1.29, 1.82) is 0 Å². The van der Waals surface area contributed by atoms with E-state index in [1.165, 1.54) is 24.4 Å². The summed E-state index contributed by atoms with van der Waals surface area (Å²) in [5.41, 5.74) is 1.00. The van der Waals surface area contributed by atoms with E-state index in [0.717, 1.165) is 11.1 Å². The number of rotatable bonds is 2. The van der Waals surface area contributed by atoms with Gasteiger partial charge in [0.2, 0.25) is 5.95 Å². The van der Waals surface area contributed by atoms with Crippen molar-refractivity contribution in [3.8, 4) is 0 Å². The number of pyridine rings is 1. The van der Waals surface area contributed by atoms with Crippen molar-refractivity contribution in [3.63, 3.8) is 0 Å². The lowest BCUT2D eigenvalue weighted by Crippen LogP contribution is -2.45. The molecule has 0 radical (unpaired) electrons. The molecule has 1 aliphatic rings. The van der Waals surface area contributed by atoms with Crippen molar-refractivity contribution in [1.82, 2.24) is 10.3 Å². The Morgan fingerprint density at radius 2 is 1.75 bits per heavy atom. The van der Waals surface area contributed by atoms with Gasteiger partial charge in [-0.3, -0.25) is 4.99 Å². The first-order valence-corrected chi connectivity index (χ1v) is 6.30. The van der Waals surface area contributed by atoms with Crippen LogP contribution in [0.1, 0.15) is 18.1 Å². The second kappa shape index (κ2) is 4.67. The fourth-order valence-corrected chi connectivity index (χ4v) is 2.62. The zero-order chi connectivity index (χ0) is 14.2. The number of hydrogen-bond acceptors (Lipinski definition) is 3. The zero-order valence-electron chi connectivity index (χ0n) is 10.8. The van der Waals surface area contributed by atoms with Crippen molar-refractivity contribution >= 4 is 6.34 Å². The van der Waals surface area contributed by atoms with Crippen molar-refractivity contribution in [2.75, 3.05) is 0 Å². The predicted octanol–water partition coefficient (Wildman–Crippen LogP) is 2.62. The minimum Gasteiger partial charge on any atom is -0.361 e. The zero-order valence-corrected chi connectivity index (χ0v) is 10.8. The third-order valence-electron chi connectivity index (χ3n) is 3.70. The summed E-state index contributed by atoms with van der Waals surface area (Å²) in [4.78, 5) is 8.05. The molecule has 2 atom stereocenters. The largest absolute Gasteiger partial charge is 0.361 e. The van der Waals surface area contributed by atoms with Crippen LogP contribution < -0.4 is 5.32 Å². The van der Waals surface area contributed by atoms with Gasteiger partial charge >= 0.3 is 0 Å². The lowest BCUT2D eigenvalue weighted by molar-refractivity contribution is 0.431. The molecule has 3 nitrogen and oxygen atoms in total. The Kier molecular flexibility index (Phi) is 2.97. The van der Waals surface area contributed by atoms with Gasteiger partial charge in [0, 0.05) is 11.8 Å². The van der Waals surface area contributed by atoms with Gasteiger partial charge in [0.05, 0.1) is 12.4 Å². The normalized spacial score (nSPS) is 24.6. The molecular weight excluding hydrogens is 260 g/mol. The molecule has 0 spiro atoms. The molecule has 2 heterocycles. The van der Waals surface area contributed by atoms with Gasteiger partial charge in [0.1, 0.15) is 11.4 Å². The molecule has 1 aromatic heterocycles. The molecule has 0 fully saturated rings. The summed E-state index contributed by atoms with van der Waals surface area (Å²) < 4.78 is 26.2. The van der Waals surface area contributed by atoms with E-state index in [1.54, 1.807) is 24.5 Å². The van der Waals surface area contributed by atoms with Crippen molar-refractivity contribution in [2.45, 2.75) is 18.5 Å². The molecule has 5 heteroatoms. The Bertz CT molecular complexity index is 590. The molecular formula is C15H13F2N3. The molecule has 20 heavy (non-hydrogen) atoms. The lowest BCUT2D eigenvalue weighted by atomic mass is 9.79. The minimum absolute atomic E-state index is 0.111. The number of aliphatic imine (C=N–C) groups is 1. The molecule has 0 aliphatic carbocycles. The molecule has 0 bridgehead atoms. The SMILES string of the molecule is C[C@@H]1N=CN[C@]1(c1ccc(F)cc1)c1ccc(F)nc1. The van der Waals surface area contributed by atoms with Gasteiger partial charge in [-0.1, -0.05) is 18.2 Å². The van der Waals surface area contributed by atoms with Crippen LogP contribution in [0.15, 0.2) is 47.6 Å². The summed E-state index contributed by atoms with van der Waals surface area (Å²) in [6, 6.07) is 9.09. The smallest absolute Gasteiger partial charge is 0.212 e. The predicted molar refractivity (Wildman–Crippen MR) is 72.5 cm³/mol. The maximum atomic E-state index is 13.1. The maximum absolute atomic E-state index is 13.1. The number of aromatic nitrogens is 1. The van der Waals surface area contributed by atoms with Crippen molar-refractivity contribution in [3.05, 3.63) is 65.5 Å². The van der Waals surface area contributed by atoms with Crippen LogP contribution in [0.5, 0.6) is 0 Å². The molecule has 0 amide bonds. The Hall–Kier alpha value is -2.30.